The maximum atomic E-state index is 12.1. The highest BCUT2D eigenvalue weighted by Gasteiger charge is 2.17. The second-order valence-electron chi connectivity index (χ2n) is 5.71. The number of anilines is 1. The van der Waals surface area contributed by atoms with E-state index in [2.05, 4.69) is 10.6 Å². The molecule has 134 valence electrons. The third kappa shape index (κ3) is 6.47. The summed E-state index contributed by atoms with van der Waals surface area (Å²) >= 11 is 0. The molecule has 0 saturated carbocycles. The van der Waals surface area contributed by atoms with Crippen molar-refractivity contribution in [3.8, 4) is 0 Å². The molecule has 1 aliphatic heterocycles. The first-order chi connectivity index (χ1) is 11.1. The van der Waals surface area contributed by atoms with E-state index in [9.17, 15) is 9.59 Å². The summed E-state index contributed by atoms with van der Waals surface area (Å²) in [5, 5.41) is 6.18. The minimum absolute atomic E-state index is 0. The zero-order valence-corrected chi connectivity index (χ0v) is 15.0. The molecule has 1 aliphatic rings. The van der Waals surface area contributed by atoms with Crippen molar-refractivity contribution in [2.24, 2.45) is 0 Å². The van der Waals surface area contributed by atoms with E-state index in [4.69, 9.17) is 4.74 Å². The van der Waals surface area contributed by atoms with E-state index in [1.807, 2.05) is 31.2 Å². The number of carbonyl (C=O) groups excluding carboxylic acids is 2. The second kappa shape index (κ2) is 10.3. The molecule has 1 unspecified atom stereocenters. The lowest BCUT2D eigenvalue weighted by atomic mass is 10.1. The number of ether oxygens (including phenoxy) is 1. The molecule has 7 heteroatoms. The van der Waals surface area contributed by atoms with Crippen LogP contribution in [0.25, 0.3) is 0 Å². The van der Waals surface area contributed by atoms with Crippen molar-refractivity contribution in [1.82, 2.24) is 10.2 Å². The Morgan fingerprint density at radius 1 is 1.42 bits per heavy atom. The van der Waals surface area contributed by atoms with Gasteiger partial charge in [-0.3, -0.25) is 9.59 Å². The summed E-state index contributed by atoms with van der Waals surface area (Å²) in [6, 6.07) is 7.68. The minimum Gasteiger partial charge on any atom is -0.378 e. The SMILES string of the molecule is CCN(Cc1cccc(NC(=O)CC2COCCN2)c1)C(C)=O.Cl. The molecule has 6 nitrogen and oxygen atoms in total. The molecule has 0 aliphatic carbocycles. The van der Waals surface area contributed by atoms with Gasteiger partial charge in [-0.2, -0.15) is 0 Å². The third-order valence-corrected chi connectivity index (χ3v) is 3.84. The number of morpholine rings is 1. The van der Waals surface area contributed by atoms with Gasteiger partial charge in [-0.25, -0.2) is 0 Å². The summed E-state index contributed by atoms with van der Waals surface area (Å²) in [6.07, 6.45) is 0.388. The molecule has 1 saturated heterocycles. The zero-order chi connectivity index (χ0) is 16.7. The number of hydrogen-bond donors (Lipinski definition) is 2. The monoisotopic (exact) mass is 355 g/mol. The predicted octanol–water partition coefficient (Wildman–Crippen LogP) is 1.79. The van der Waals surface area contributed by atoms with E-state index in [1.54, 1.807) is 11.8 Å². The van der Waals surface area contributed by atoms with Gasteiger partial charge in [0.25, 0.3) is 0 Å². The van der Waals surface area contributed by atoms with Crippen molar-refractivity contribution >= 4 is 29.9 Å². The van der Waals surface area contributed by atoms with Gasteiger partial charge in [0.05, 0.1) is 13.2 Å². The molecular formula is C17H26ClN3O3. The average Bonchev–Trinajstić information content (AvgIpc) is 2.53. The molecular weight excluding hydrogens is 330 g/mol. The van der Waals surface area contributed by atoms with Crippen LogP contribution in [-0.4, -0.2) is 49.1 Å². The minimum atomic E-state index is -0.0379. The van der Waals surface area contributed by atoms with Crippen molar-refractivity contribution in [3.63, 3.8) is 0 Å². The average molecular weight is 356 g/mol. The van der Waals surface area contributed by atoms with Gasteiger partial charge < -0.3 is 20.3 Å². The number of nitrogens with zero attached hydrogens (tertiary/aromatic N) is 1. The normalized spacial score (nSPS) is 16.8. The largest absolute Gasteiger partial charge is 0.378 e. The molecule has 1 aromatic rings. The number of carbonyl (C=O) groups is 2. The van der Waals surface area contributed by atoms with Gasteiger partial charge in [-0.15, -0.1) is 12.4 Å². The van der Waals surface area contributed by atoms with E-state index in [-0.39, 0.29) is 30.3 Å². The Balaban J connectivity index is 0.00000288. The van der Waals surface area contributed by atoms with E-state index < -0.39 is 0 Å². The summed E-state index contributed by atoms with van der Waals surface area (Å²) in [5.41, 5.74) is 1.75. The van der Waals surface area contributed by atoms with E-state index >= 15 is 0 Å². The van der Waals surface area contributed by atoms with E-state index in [0.29, 0.717) is 32.7 Å². The molecule has 24 heavy (non-hydrogen) atoms. The lowest BCUT2D eigenvalue weighted by molar-refractivity contribution is -0.129. The van der Waals surface area contributed by atoms with Crippen molar-refractivity contribution in [1.29, 1.82) is 0 Å². The summed E-state index contributed by atoms with van der Waals surface area (Å²) in [7, 11) is 0. The van der Waals surface area contributed by atoms with Gasteiger partial charge >= 0.3 is 0 Å². The Kier molecular flexibility index (Phi) is 8.74. The number of benzene rings is 1. The molecule has 0 aromatic heterocycles. The predicted molar refractivity (Wildman–Crippen MR) is 96.3 cm³/mol. The molecule has 1 fully saturated rings. The van der Waals surface area contributed by atoms with Crippen LogP contribution in [0.1, 0.15) is 25.8 Å². The maximum absolute atomic E-state index is 12.1. The maximum Gasteiger partial charge on any atom is 0.226 e. The number of amides is 2. The fraction of sp³-hybridized carbons (Fsp3) is 0.529. The molecule has 1 heterocycles. The van der Waals surface area contributed by atoms with E-state index in [1.165, 1.54) is 0 Å². The van der Waals surface area contributed by atoms with Crippen LogP contribution in [-0.2, 0) is 20.9 Å². The highest BCUT2D eigenvalue weighted by molar-refractivity contribution is 5.91. The summed E-state index contributed by atoms with van der Waals surface area (Å²) in [6.45, 7) is 6.78. The Morgan fingerprint density at radius 3 is 2.83 bits per heavy atom. The molecule has 1 aromatic carbocycles. The van der Waals surface area contributed by atoms with Gasteiger partial charge in [-0.1, -0.05) is 12.1 Å². The number of halogens is 1. The van der Waals surface area contributed by atoms with Crippen LogP contribution in [0, 0.1) is 0 Å². The quantitative estimate of drug-likeness (QED) is 0.816. The molecule has 0 radical (unpaired) electrons. The van der Waals surface area contributed by atoms with Crippen molar-refractivity contribution < 1.29 is 14.3 Å². The van der Waals surface area contributed by atoms with Crippen LogP contribution < -0.4 is 10.6 Å². The number of rotatable bonds is 6. The van der Waals surface area contributed by atoms with Crippen LogP contribution >= 0.6 is 12.4 Å². The first-order valence-electron chi connectivity index (χ1n) is 8.04. The molecule has 2 N–H and O–H groups in total. The smallest absolute Gasteiger partial charge is 0.226 e. The third-order valence-electron chi connectivity index (χ3n) is 3.84. The second-order valence-corrected chi connectivity index (χ2v) is 5.71. The van der Waals surface area contributed by atoms with Gasteiger partial charge in [0.15, 0.2) is 0 Å². The van der Waals surface area contributed by atoms with Crippen molar-refractivity contribution in [2.75, 3.05) is 31.6 Å². The molecule has 2 rings (SSSR count). The van der Waals surface area contributed by atoms with Crippen LogP contribution in [0.5, 0.6) is 0 Å². The molecule has 0 bridgehead atoms. The lowest BCUT2D eigenvalue weighted by Gasteiger charge is -2.23. The first kappa shape index (κ1) is 20.4. The van der Waals surface area contributed by atoms with Crippen LogP contribution in [0.15, 0.2) is 24.3 Å². The van der Waals surface area contributed by atoms with Gasteiger partial charge in [0.1, 0.15) is 0 Å². The van der Waals surface area contributed by atoms with E-state index in [0.717, 1.165) is 17.8 Å². The summed E-state index contributed by atoms with van der Waals surface area (Å²) in [4.78, 5) is 25.4. The Morgan fingerprint density at radius 2 is 2.21 bits per heavy atom. The Labute approximate surface area is 149 Å². The van der Waals surface area contributed by atoms with Gasteiger partial charge in [0.2, 0.25) is 11.8 Å². The van der Waals surface area contributed by atoms with Crippen molar-refractivity contribution in [2.45, 2.75) is 32.9 Å². The highest BCUT2D eigenvalue weighted by atomic mass is 35.5. The fourth-order valence-electron chi connectivity index (χ4n) is 2.60. The molecule has 2 amide bonds. The van der Waals surface area contributed by atoms with Crippen molar-refractivity contribution in [3.05, 3.63) is 29.8 Å². The number of nitrogens with one attached hydrogen (secondary N) is 2. The zero-order valence-electron chi connectivity index (χ0n) is 14.2. The Bertz CT molecular complexity index is 548. The highest BCUT2D eigenvalue weighted by Crippen LogP contribution is 2.14. The summed E-state index contributed by atoms with van der Waals surface area (Å²) < 4.78 is 5.35. The Hall–Kier alpha value is -1.63. The van der Waals surface area contributed by atoms with Crippen LogP contribution in [0.3, 0.4) is 0 Å². The number of hydrogen-bond acceptors (Lipinski definition) is 4. The topological polar surface area (TPSA) is 70.7 Å². The molecule has 0 spiro atoms. The summed E-state index contributed by atoms with van der Waals surface area (Å²) in [5.74, 6) is 0.00868. The first-order valence-corrected chi connectivity index (χ1v) is 8.04. The fourth-order valence-corrected chi connectivity index (χ4v) is 2.60. The van der Waals surface area contributed by atoms with Crippen LogP contribution in [0.2, 0.25) is 0 Å². The lowest BCUT2D eigenvalue weighted by Crippen LogP contribution is -2.43. The standard InChI is InChI=1S/C17H25N3O3.ClH/c1-3-20(13(2)21)11-14-5-4-6-15(9-14)19-17(22)10-16-12-23-8-7-18-16;/h4-6,9,16,18H,3,7-8,10-12H2,1-2H3,(H,19,22);1H. The van der Waals surface area contributed by atoms with Gasteiger partial charge in [0, 0.05) is 44.7 Å². The van der Waals surface area contributed by atoms with Gasteiger partial charge in [-0.05, 0) is 24.6 Å². The van der Waals surface area contributed by atoms with Crippen LogP contribution in [0.4, 0.5) is 5.69 Å². The molecule has 1 atom stereocenters.